The van der Waals surface area contributed by atoms with Crippen LogP contribution in [0.25, 0.3) is 28.2 Å². The zero-order valence-electron chi connectivity index (χ0n) is 23.5. The third-order valence-corrected chi connectivity index (χ3v) is 8.31. The Labute approximate surface area is 239 Å². The smallest absolute Gasteiger partial charge is 0.140 e. The van der Waals surface area contributed by atoms with E-state index in [0.717, 1.165) is 46.3 Å². The van der Waals surface area contributed by atoms with E-state index in [4.69, 9.17) is 4.74 Å². The third kappa shape index (κ3) is 5.40. The van der Waals surface area contributed by atoms with Crippen LogP contribution in [0.3, 0.4) is 0 Å². The summed E-state index contributed by atoms with van der Waals surface area (Å²) in [5.41, 5.74) is 5.97. The number of aromatic nitrogens is 6. The van der Waals surface area contributed by atoms with Crippen LogP contribution >= 0.6 is 0 Å². The minimum atomic E-state index is 0.660. The summed E-state index contributed by atoms with van der Waals surface area (Å²) in [6.45, 7) is 4.65. The lowest BCUT2D eigenvalue weighted by atomic mass is 10.1. The van der Waals surface area contributed by atoms with Crippen molar-refractivity contribution >= 4 is 11.5 Å². The van der Waals surface area contributed by atoms with Crippen molar-refractivity contribution in [3.05, 3.63) is 79.1 Å². The first-order chi connectivity index (χ1) is 20.1. The Hall–Kier alpha value is -4.28. The third-order valence-electron chi connectivity index (χ3n) is 8.31. The van der Waals surface area contributed by atoms with Gasteiger partial charge in [-0.15, -0.1) is 0 Å². The lowest BCUT2D eigenvalue weighted by Gasteiger charge is -2.39. The summed E-state index contributed by atoms with van der Waals surface area (Å²) in [5.74, 6) is 1.61. The molecule has 2 atom stereocenters. The second kappa shape index (κ2) is 10.9. The maximum Gasteiger partial charge on any atom is 0.140 e. The Morgan fingerprint density at radius 2 is 1.76 bits per heavy atom. The summed E-state index contributed by atoms with van der Waals surface area (Å²) in [7, 11) is 4.16. The average molecular weight is 550 g/mol. The molecule has 10 heteroatoms. The summed E-state index contributed by atoms with van der Waals surface area (Å²) < 4.78 is 10.0. The minimum Gasteiger partial charge on any atom is -0.492 e. The van der Waals surface area contributed by atoms with E-state index in [1.165, 1.54) is 31.5 Å². The quantitative estimate of drug-likeness (QED) is 0.296. The molecule has 7 rings (SSSR count). The van der Waals surface area contributed by atoms with Crippen molar-refractivity contribution in [2.24, 2.45) is 7.05 Å². The van der Waals surface area contributed by atoms with Crippen LogP contribution in [0.15, 0.2) is 73.6 Å². The fourth-order valence-corrected chi connectivity index (χ4v) is 6.25. The van der Waals surface area contributed by atoms with Gasteiger partial charge in [-0.25, -0.2) is 15.0 Å². The average Bonchev–Trinajstić information content (AvgIpc) is 3.68. The highest BCUT2D eigenvalue weighted by Gasteiger charge is 2.38. The molecule has 210 valence electrons. The highest BCUT2D eigenvalue weighted by atomic mass is 16.5. The van der Waals surface area contributed by atoms with E-state index in [-0.39, 0.29) is 0 Å². The molecule has 2 aliphatic rings. The van der Waals surface area contributed by atoms with Crippen molar-refractivity contribution in [1.82, 2.24) is 38.9 Å². The van der Waals surface area contributed by atoms with Crippen LogP contribution in [-0.4, -0.2) is 84.3 Å². The Morgan fingerprint density at radius 3 is 2.54 bits per heavy atom. The first-order valence-corrected chi connectivity index (χ1v) is 14.3. The monoisotopic (exact) mass is 549 g/mol. The van der Waals surface area contributed by atoms with Gasteiger partial charge in [0.2, 0.25) is 0 Å². The van der Waals surface area contributed by atoms with Crippen molar-refractivity contribution in [2.45, 2.75) is 31.5 Å². The molecule has 2 bridgehead atoms. The zero-order valence-corrected chi connectivity index (χ0v) is 23.5. The van der Waals surface area contributed by atoms with E-state index in [1.54, 1.807) is 6.33 Å². The lowest BCUT2D eigenvalue weighted by Crippen LogP contribution is -2.53. The number of imidazole rings is 1. The van der Waals surface area contributed by atoms with Crippen LogP contribution in [-0.2, 0) is 13.6 Å². The Morgan fingerprint density at radius 1 is 0.927 bits per heavy atom. The van der Waals surface area contributed by atoms with Gasteiger partial charge in [-0.2, -0.15) is 5.10 Å². The summed E-state index contributed by atoms with van der Waals surface area (Å²) in [6.07, 6.45) is 11.9. The fourth-order valence-electron chi connectivity index (χ4n) is 6.25. The number of benzene rings is 1. The van der Waals surface area contributed by atoms with Gasteiger partial charge in [-0.1, -0.05) is 24.3 Å². The summed E-state index contributed by atoms with van der Waals surface area (Å²) >= 11 is 0. The van der Waals surface area contributed by atoms with E-state index in [0.29, 0.717) is 25.2 Å². The van der Waals surface area contributed by atoms with Gasteiger partial charge in [0.05, 0.1) is 23.8 Å². The minimum absolute atomic E-state index is 0.660. The van der Waals surface area contributed by atoms with Gasteiger partial charge in [0, 0.05) is 75.4 Å². The molecule has 0 radical (unpaired) electrons. The van der Waals surface area contributed by atoms with Crippen molar-refractivity contribution in [2.75, 3.05) is 38.6 Å². The Balaban J connectivity index is 0.979. The molecule has 5 aromatic rings. The Bertz CT molecular complexity index is 1630. The number of hydrogen-bond donors (Lipinski definition) is 1. The van der Waals surface area contributed by atoms with Crippen molar-refractivity contribution in [3.63, 3.8) is 0 Å². The predicted molar refractivity (Wildman–Crippen MR) is 159 cm³/mol. The van der Waals surface area contributed by atoms with E-state index >= 15 is 0 Å². The number of pyridine rings is 1. The maximum absolute atomic E-state index is 6.16. The van der Waals surface area contributed by atoms with E-state index in [1.807, 2.05) is 59.1 Å². The predicted octanol–water partition coefficient (Wildman–Crippen LogP) is 3.96. The molecule has 0 amide bonds. The number of aryl methyl sites for hydroxylation is 1. The van der Waals surface area contributed by atoms with E-state index < -0.39 is 0 Å². The number of hydrogen-bond acceptors (Lipinski definition) is 8. The van der Waals surface area contributed by atoms with Gasteiger partial charge in [-0.3, -0.25) is 14.0 Å². The van der Waals surface area contributed by atoms with Crippen molar-refractivity contribution in [3.8, 4) is 28.3 Å². The molecular weight excluding hydrogens is 514 g/mol. The molecule has 0 spiro atoms. The zero-order chi connectivity index (χ0) is 27.8. The molecule has 1 N–H and O–H groups in total. The van der Waals surface area contributed by atoms with Crippen LogP contribution in [0.2, 0.25) is 0 Å². The first-order valence-electron chi connectivity index (χ1n) is 14.3. The molecule has 2 fully saturated rings. The van der Waals surface area contributed by atoms with Gasteiger partial charge in [0.25, 0.3) is 0 Å². The number of rotatable bonds is 9. The first kappa shape index (κ1) is 25.7. The van der Waals surface area contributed by atoms with E-state index in [9.17, 15) is 0 Å². The highest BCUT2D eigenvalue weighted by molar-refractivity contribution is 5.64. The number of nitrogens with one attached hydrogen (secondary N) is 1. The second-order valence-electron chi connectivity index (χ2n) is 11.2. The van der Waals surface area contributed by atoms with Gasteiger partial charge >= 0.3 is 0 Å². The SMILES string of the molecule is CN1CC2CCC(C1)N2CCOc1ccn2c(-c3cc(NCc4ccc(-c5cnn(C)c5)cc4)ncn3)cnc2c1. The number of likely N-dealkylation sites (tertiary alicyclic amines) is 1. The van der Waals surface area contributed by atoms with Gasteiger partial charge in [0.1, 0.15) is 30.1 Å². The van der Waals surface area contributed by atoms with Gasteiger partial charge in [0.15, 0.2) is 0 Å². The summed E-state index contributed by atoms with van der Waals surface area (Å²) in [4.78, 5) is 18.7. The molecule has 2 unspecified atom stereocenters. The molecule has 4 aromatic heterocycles. The molecule has 10 nitrogen and oxygen atoms in total. The highest BCUT2D eigenvalue weighted by Crippen LogP contribution is 2.29. The topological polar surface area (TPSA) is 88.6 Å². The lowest BCUT2D eigenvalue weighted by molar-refractivity contribution is 0.0695. The van der Waals surface area contributed by atoms with Crippen LogP contribution in [0, 0.1) is 0 Å². The number of fused-ring (bicyclic) bond motifs is 3. The normalized spacial score (nSPS) is 19.2. The fraction of sp³-hybridized carbons (Fsp3) is 0.355. The largest absolute Gasteiger partial charge is 0.492 e. The summed E-state index contributed by atoms with van der Waals surface area (Å²) in [6, 6.07) is 15.8. The van der Waals surface area contributed by atoms with Gasteiger partial charge < -0.3 is 15.0 Å². The van der Waals surface area contributed by atoms with Crippen LogP contribution in [0.5, 0.6) is 5.75 Å². The van der Waals surface area contributed by atoms with Crippen LogP contribution < -0.4 is 10.1 Å². The molecule has 1 aromatic carbocycles. The molecule has 6 heterocycles. The van der Waals surface area contributed by atoms with Crippen LogP contribution in [0.4, 0.5) is 5.82 Å². The number of anilines is 1. The van der Waals surface area contributed by atoms with Crippen molar-refractivity contribution in [1.29, 1.82) is 0 Å². The molecule has 2 aliphatic heterocycles. The second-order valence-corrected chi connectivity index (χ2v) is 11.2. The van der Waals surface area contributed by atoms with Gasteiger partial charge in [-0.05, 0) is 37.1 Å². The summed E-state index contributed by atoms with van der Waals surface area (Å²) in [5, 5.41) is 7.68. The molecular formula is C31H35N9O. The number of likely N-dealkylation sites (N-methyl/N-ethyl adjacent to an activating group) is 1. The number of ether oxygens (including phenoxy) is 1. The maximum atomic E-state index is 6.16. The standard InChI is InChI=1S/C31H35N9O/c1-37-19-25-7-8-26(20-37)39(25)11-12-41-27-9-10-40-29(17-33-31(40)13-27)28-14-30(35-21-34-28)32-15-22-3-5-23(6-4-22)24-16-36-38(2)18-24/h3-6,9-10,13-14,16-18,21,25-26H,7-8,11-12,15,19-20H2,1-2H3,(H,32,34,35). The number of nitrogens with zero attached hydrogens (tertiary/aromatic N) is 8. The number of piperazine rings is 1. The molecule has 0 aliphatic carbocycles. The molecule has 41 heavy (non-hydrogen) atoms. The van der Waals surface area contributed by atoms with E-state index in [2.05, 4.69) is 66.5 Å². The van der Waals surface area contributed by atoms with Crippen LogP contribution in [0.1, 0.15) is 18.4 Å². The van der Waals surface area contributed by atoms with Crippen molar-refractivity contribution < 1.29 is 4.74 Å². The Kier molecular flexibility index (Phi) is 6.85. The molecule has 2 saturated heterocycles. The molecule has 0 saturated carbocycles.